The van der Waals surface area contributed by atoms with Gasteiger partial charge in [0.05, 0.1) is 34.5 Å². The minimum Gasteiger partial charge on any atom is -0.363 e. The van der Waals surface area contributed by atoms with Crippen LogP contribution in [0.5, 0.6) is 0 Å². The summed E-state index contributed by atoms with van der Waals surface area (Å²) in [5, 5.41) is 13.6. The Morgan fingerprint density at radius 2 is 1.76 bits per heavy atom. The highest BCUT2D eigenvalue weighted by atomic mass is 19.3. The molecular weight excluding hydrogens is 591 g/mol. The normalized spacial score (nSPS) is 26.6. The van der Waals surface area contributed by atoms with E-state index >= 15 is 13.2 Å². The molecule has 2 atom stereocenters. The second-order valence-electron chi connectivity index (χ2n) is 12.8. The van der Waals surface area contributed by atoms with Crippen LogP contribution in [-0.2, 0) is 17.9 Å². The molecule has 240 valence electrons. The summed E-state index contributed by atoms with van der Waals surface area (Å²) in [5.41, 5.74) is -1.21. The molecule has 8 bridgehead atoms. The van der Waals surface area contributed by atoms with E-state index in [4.69, 9.17) is 0 Å². The van der Waals surface area contributed by atoms with Gasteiger partial charge in [0.25, 0.3) is 17.9 Å². The Morgan fingerprint density at radius 1 is 1.02 bits per heavy atom. The van der Waals surface area contributed by atoms with Gasteiger partial charge in [0, 0.05) is 23.6 Å². The predicted octanol–water partition coefficient (Wildman–Crippen LogP) is 7.06. The molecule has 7 nitrogen and oxygen atoms in total. The number of hydrogen-bond donors (Lipinski definition) is 1. The van der Waals surface area contributed by atoms with Crippen LogP contribution in [0.1, 0.15) is 87.4 Å². The van der Waals surface area contributed by atoms with Crippen molar-refractivity contribution in [2.24, 2.45) is 5.92 Å². The van der Waals surface area contributed by atoms with Crippen molar-refractivity contribution < 1.29 is 22.0 Å². The number of pyridine rings is 1. The summed E-state index contributed by atoms with van der Waals surface area (Å²) in [6.45, 7) is 2.15. The van der Waals surface area contributed by atoms with Crippen molar-refractivity contribution in [3.63, 3.8) is 0 Å². The molecule has 5 heterocycles. The first-order chi connectivity index (χ1) is 21.6. The molecule has 1 saturated heterocycles. The van der Waals surface area contributed by atoms with Gasteiger partial charge in [0.15, 0.2) is 0 Å². The van der Waals surface area contributed by atoms with E-state index in [9.17, 15) is 18.8 Å². The van der Waals surface area contributed by atoms with E-state index in [0.29, 0.717) is 67.5 Å². The molecule has 1 N–H and O–H groups in total. The van der Waals surface area contributed by atoms with E-state index in [1.165, 1.54) is 23.0 Å². The van der Waals surface area contributed by atoms with Crippen molar-refractivity contribution in [1.82, 2.24) is 19.4 Å². The number of nitriles is 1. The van der Waals surface area contributed by atoms with Crippen LogP contribution in [0, 0.1) is 23.1 Å². The number of anilines is 1. The molecule has 1 saturated carbocycles. The number of nitrogens with zero attached hydrogens (tertiary/aromatic N) is 5. The van der Waals surface area contributed by atoms with E-state index in [1.807, 2.05) is 0 Å². The van der Waals surface area contributed by atoms with Gasteiger partial charge < -0.3 is 5.32 Å². The SMILES string of the molecule is C[C@H]1Nc2ncnc3c2cc(C2(C#N)CC2)c(=O)n3CCCCCCC(C(F)F)N2CCC(CC2)C(F)(F)c2cccc1c2F. The number of halogens is 5. The fourth-order valence-electron chi connectivity index (χ4n) is 7.10. The smallest absolute Gasteiger partial charge is 0.278 e. The van der Waals surface area contributed by atoms with Crippen molar-refractivity contribution in [3.05, 3.63) is 63.5 Å². The average Bonchev–Trinajstić information content (AvgIpc) is 3.82. The van der Waals surface area contributed by atoms with Gasteiger partial charge in [0.2, 0.25) is 0 Å². The van der Waals surface area contributed by atoms with Crippen molar-refractivity contribution >= 4 is 16.9 Å². The Kier molecular flexibility index (Phi) is 8.59. The minimum absolute atomic E-state index is 0.0104. The summed E-state index contributed by atoms with van der Waals surface area (Å²) in [6, 6.07) is 6.03. The molecule has 45 heavy (non-hydrogen) atoms. The highest BCUT2D eigenvalue weighted by molar-refractivity contribution is 5.87. The topological polar surface area (TPSA) is 86.8 Å². The number of aromatic nitrogens is 3. The molecule has 3 aliphatic heterocycles. The molecule has 0 spiro atoms. The maximum atomic E-state index is 16.0. The first-order valence-electron chi connectivity index (χ1n) is 15.8. The molecule has 3 aromatic rings. The lowest BCUT2D eigenvalue weighted by Gasteiger charge is -2.39. The number of hydrogen-bond acceptors (Lipinski definition) is 6. The monoisotopic (exact) mass is 628 g/mol. The fourth-order valence-corrected chi connectivity index (χ4v) is 7.10. The number of piperidine rings is 1. The zero-order valence-corrected chi connectivity index (χ0v) is 25.2. The standard InChI is InChI=1S/C33H37F5N6O/c1-20-22-7-6-8-24(27(22)34)33(37,38)21-10-15-43(16-11-21)26(28(35)36)9-4-2-3-5-14-44-30-23(29(42-20)40-19-41-30)17-25(31(44)45)32(18-39)12-13-32/h6-8,17,19-21,26,28H,2-5,9-16H2,1H3,(H,40,41,42)/t20-,26?/m1/s1. The third kappa shape index (κ3) is 5.80. The van der Waals surface area contributed by atoms with Gasteiger partial charge in [-0.1, -0.05) is 37.5 Å². The van der Waals surface area contributed by atoms with Crippen LogP contribution >= 0.6 is 0 Å². The first-order valence-corrected chi connectivity index (χ1v) is 15.8. The quantitative estimate of drug-likeness (QED) is 0.306. The van der Waals surface area contributed by atoms with Crippen molar-refractivity contribution in [1.29, 1.82) is 5.26 Å². The molecule has 7 rings (SSSR count). The van der Waals surface area contributed by atoms with Gasteiger partial charge in [-0.15, -0.1) is 0 Å². The molecule has 2 fully saturated rings. The lowest BCUT2D eigenvalue weighted by Crippen LogP contribution is -2.47. The third-order valence-corrected chi connectivity index (χ3v) is 10.0. The maximum Gasteiger partial charge on any atom is 0.278 e. The summed E-state index contributed by atoms with van der Waals surface area (Å²) in [6.07, 6.45) is 2.47. The molecule has 2 aromatic heterocycles. The summed E-state index contributed by atoms with van der Waals surface area (Å²) in [5.74, 6) is -5.40. The van der Waals surface area contributed by atoms with Crippen LogP contribution in [0.2, 0.25) is 0 Å². The van der Waals surface area contributed by atoms with Gasteiger partial charge in [-0.3, -0.25) is 14.3 Å². The Balaban J connectivity index is 1.43. The molecule has 1 unspecified atom stereocenters. The lowest BCUT2D eigenvalue weighted by molar-refractivity contribution is -0.0976. The van der Waals surface area contributed by atoms with Crippen LogP contribution in [-0.4, -0.2) is 45.0 Å². The second kappa shape index (κ2) is 12.3. The van der Waals surface area contributed by atoms with Gasteiger partial charge in [-0.2, -0.15) is 5.26 Å². The lowest BCUT2D eigenvalue weighted by atomic mass is 9.84. The maximum absolute atomic E-state index is 16.0. The average molecular weight is 629 g/mol. The largest absolute Gasteiger partial charge is 0.363 e. The van der Waals surface area contributed by atoms with Crippen molar-refractivity contribution in [2.75, 3.05) is 18.4 Å². The number of alkyl halides is 4. The fraction of sp³-hybridized carbons (Fsp3) is 0.576. The Labute approximate surface area is 258 Å². The number of benzene rings is 1. The number of aryl methyl sites for hydroxylation is 1. The molecule has 4 aliphatic rings. The number of fused-ring (bicyclic) bond motifs is 9. The number of rotatable bonds is 2. The summed E-state index contributed by atoms with van der Waals surface area (Å²) >= 11 is 0. The molecule has 12 heteroatoms. The van der Waals surface area contributed by atoms with Gasteiger partial charge in [0.1, 0.15) is 23.6 Å². The van der Waals surface area contributed by atoms with Crippen molar-refractivity contribution in [3.8, 4) is 6.07 Å². The summed E-state index contributed by atoms with van der Waals surface area (Å²) in [4.78, 5) is 24.1. The molecule has 1 aromatic carbocycles. The minimum atomic E-state index is -3.49. The third-order valence-electron chi connectivity index (χ3n) is 10.0. The Bertz CT molecular complexity index is 1660. The highest BCUT2D eigenvalue weighted by Gasteiger charge is 2.48. The van der Waals surface area contributed by atoms with Crippen molar-refractivity contribution in [2.45, 2.75) is 101 Å². The summed E-state index contributed by atoms with van der Waals surface area (Å²) in [7, 11) is 0. The van der Waals surface area contributed by atoms with Crippen LogP contribution in [0.25, 0.3) is 11.0 Å². The molecule has 0 radical (unpaired) electrons. The Hall–Kier alpha value is -3.59. The molecular formula is C33H37F5N6O. The molecule has 0 amide bonds. The van der Waals surface area contributed by atoms with Crippen LogP contribution in [0.3, 0.4) is 0 Å². The van der Waals surface area contributed by atoms with E-state index < -0.39 is 47.1 Å². The Morgan fingerprint density at radius 3 is 2.44 bits per heavy atom. The van der Waals surface area contributed by atoms with E-state index in [1.54, 1.807) is 17.9 Å². The second-order valence-corrected chi connectivity index (χ2v) is 12.8. The highest BCUT2D eigenvalue weighted by Crippen LogP contribution is 2.47. The van der Waals surface area contributed by atoms with E-state index in [2.05, 4.69) is 21.4 Å². The van der Waals surface area contributed by atoms with E-state index in [-0.39, 0.29) is 43.5 Å². The molecule has 1 aliphatic carbocycles. The zero-order valence-electron chi connectivity index (χ0n) is 25.2. The predicted molar refractivity (Wildman–Crippen MR) is 160 cm³/mol. The van der Waals surface area contributed by atoms with Gasteiger partial charge in [-0.05, 0) is 64.6 Å². The van der Waals surface area contributed by atoms with Gasteiger partial charge in [-0.25, -0.2) is 31.9 Å². The van der Waals surface area contributed by atoms with Crippen LogP contribution in [0.15, 0.2) is 35.4 Å². The van der Waals surface area contributed by atoms with Crippen LogP contribution in [0.4, 0.5) is 27.8 Å². The first kappa shape index (κ1) is 31.4. The van der Waals surface area contributed by atoms with Crippen LogP contribution < -0.4 is 10.9 Å². The van der Waals surface area contributed by atoms with Gasteiger partial charge >= 0.3 is 0 Å². The summed E-state index contributed by atoms with van der Waals surface area (Å²) < 4.78 is 77.5. The zero-order chi connectivity index (χ0) is 31.9. The number of nitrogens with one attached hydrogen (secondary N) is 1. The van der Waals surface area contributed by atoms with E-state index in [0.717, 1.165) is 6.07 Å².